The lowest BCUT2D eigenvalue weighted by Crippen LogP contribution is -2.48. The lowest BCUT2D eigenvalue weighted by Gasteiger charge is -2.36. The van der Waals surface area contributed by atoms with Gasteiger partial charge in [0.1, 0.15) is 6.54 Å². The molecule has 2 fully saturated rings. The van der Waals surface area contributed by atoms with Gasteiger partial charge in [-0.2, -0.15) is 0 Å². The maximum Gasteiger partial charge on any atom is 0.332 e. The topological polar surface area (TPSA) is 65.9 Å². The van der Waals surface area contributed by atoms with Crippen LogP contribution >= 0.6 is 0 Å². The molecule has 2 aliphatic heterocycles. The summed E-state index contributed by atoms with van der Waals surface area (Å²) in [6.07, 6.45) is 5.25. The van der Waals surface area contributed by atoms with Crippen molar-refractivity contribution in [1.82, 2.24) is 14.4 Å². The minimum atomic E-state index is -0.272. The molecule has 7 heteroatoms. The van der Waals surface area contributed by atoms with Gasteiger partial charge in [0.15, 0.2) is 0 Å². The number of urea groups is 1. The van der Waals surface area contributed by atoms with Gasteiger partial charge in [-0.3, -0.25) is 9.59 Å². The normalized spacial score (nSPS) is 17.3. The first-order chi connectivity index (χ1) is 15.6. The molecule has 32 heavy (non-hydrogen) atoms. The molecule has 3 aromatic rings. The van der Waals surface area contributed by atoms with Gasteiger partial charge in [0.05, 0.1) is 5.69 Å². The van der Waals surface area contributed by atoms with Gasteiger partial charge in [-0.25, -0.2) is 9.69 Å². The number of likely N-dealkylation sites (tertiary alicyclic amines) is 1. The summed E-state index contributed by atoms with van der Waals surface area (Å²) < 4.78 is 1.99. The van der Waals surface area contributed by atoms with E-state index in [0.29, 0.717) is 37.2 Å². The fourth-order valence-corrected chi connectivity index (χ4v) is 4.48. The van der Waals surface area contributed by atoms with Crippen LogP contribution in [0.3, 0.4) is 0 Å². The predicted molar refractivity (Wildman–Crippen MR) is 121 cm³/mol. The van der Waals surface area contributed by atoms with Gasteiger partial charge in [0.25, 0.3) is 11.8 Å². The summed E-state index contributed by atoms with van der Waals surface area (Å²) in [5.41, 5.74) is 2.26. The maximum atomic E-state index is 13.0. The smallest absolute Gasteiger partial charge is 0.332 e. The Morgan fingerprint density at radius 2 is 1.44 bits per heavy atom. The maximum absolute atomic E-state index is 13.0. The number of benzene rings is 2. The third-order valence-electron chi connectivity index (χ3n) is 6.22. The predicted octanol–water partition coefficient (Wildman–Crippen LogP) is 3.55. The highest BCUT2D eigenvalue weighted by atomic mass is 16.2. The Morgan fingerprint density at radius 3 is 2.09 bits per heavy atom. The van der Waals surface area contributed by atoms with Gasteiger partial charge in [0.2, 0.25) is 0 Å². The number of imide groups is 1. The Balaban J connectivity index is 1.21. The van der Waals surface area contributed by atoms with Gasteiger partial charge in [-0.05, 0) is 61.4 Å². The number of carbonyl (C=O) groups excluding carboxylic acids is 3. The molecule has 0 aliphatic carbocycles. The molecule has 2 saturated heterocycles. The first-order valence-corrected chi connectivity index (χ1v) is 10.8. The molecule has 2 aromatic carbocycles. The Labute approximate surface area is 186 Å². The number of piperidine rings is 1. The summed E-state index contributed by atoms with van der Waals surface area (Å²) in [6.45, 7) is 1.21. The van der Waals surface area contributed by atoms with Crippen LogP contribution in [0.15, 0.2) is 79.1 Å². The second-order valence-electron chi connectivity index (χ2n) is 8.14. The average molecular weight is 428 g/mol. The van der Waals surface area contributed by atoms with E-state index in [0.717, 1.165) is 5.69 Å². The van der Waals surface area contributed by atoms with Gasteiger partial charge >= 0.3 is 6.03 Å². The summed E-state index contributed by atoms with van der Waals surface area (Å²) >= 11 is 0. The highest BCUT2D eigenvalue weighted by molar-refractivity contribution is 6.19. The molecule has 0 unspecified atom stereocenters. The van der Waals surface area contributed by atoms with Crippen LogP contribution in [-0.4, -0.2) is 57.9 Å². The SMILES string of the molecule is O=C(c1ccc(-n2cccc2)cc1)N1CCC(N2CC(=O)N(c3ccccc3)C2=O)CC1. The van der Waals surface area contributed by atoms with Crippen LogP contribution in [0.25, 0.3) is 5.69 Å². The van der Waals surface area contributed by atoms with Crippen LogP contribution < -0.4 is 4.90 Å². The van der Waals surface area contributed by atoms with E-state index in [1.165, 1.54) is 4.90 Å². The van der Waals surface area contributed by atoms with Crippen LogP contribution in [0.2, 0.25) is 0 Å². The zero-order valence-electron chi connectivity index (χ0n) is 17.6. The molecule has 162 valence electrons. The molecule has 0 spiro atoms. The van der Waals surface area contributed by atoms with Crippen LogP contribution in [0.4, 0.5) is 10.5 Å². The van der Waals surface area contributed by atoms with E-state index in [4.69, 9.17) is 0 Å². The highest BCUT2D eigenvalue weighted by Gasteiger charge is 2.41. The minimum absolute atomic E-state index is 0.00255. The molecule has 3 heterocycles. The quantitative estimate of drug-likeness (QED) is 0.597. The van der Waals surface area contributed by atoms with Crippen molar-refractivity contribution in [2.24, 2.45) is 0 Å². The van der Waals surface area contributed by atoms with Crippen molar-refractivity contribution < 1.29 is 14.4 Å². The lowest BCUT2D eigenvalue weighted by molar-refractivity contribution is -0.116. The van der Waals surface area contributed by atoms with E-state index in [1.807, 2.05) is 76.5 Å². The van der Waals surface area contributed by atoms with Gasteiger partial charge in [0, 0.05) is 42.8 Å². The largest absolute Gasteiger partial charge is 0.338 e. The number of para-hydroxylation sites is 1. The number of carbonyl (C=O) groups is 3. The lowest BCUT2D eigenvalue weighted by atomic mass is 10.0. The Kier molecular flexibility index (Phi) is 5.23. The second kappa shape index (κ2) is 8.34. The molecule has 5 rings (SSSR count). The van der Waals surface area contributed by atoms with Crippen molar-refractivity contribution in [3.8, 4) is 5.69 Å². The van der Waals surface area contributed by atoms with E-state index >= 15 is 0 Å². The van der Waals surface area contributed by atoms with E-state index in [2.05, 4.69) is 0 Å². The number of aromatic nitrogens is 1. The molecule has 0 saturated carbocycles. The number of rotatable bonds is 4. The second-order valence-corrected chi connectivity index (χ2v) is 8.14. The molecule has 0 radical (unpaired) electrons. The Hall–Kier alpha value is -3.87. The summed E-state index contributed by atoms with van der Waals surface area (Å²) in [6, 6.07) is 20.2. The third kappa shape index (κ3) is 3.66. The average Bonchev–Trinajstić information content (AvgIpc) is 3.48. The summed E-state index contributed by atoms with van der Waals surface area (Å²) in [5, 5.41) is 0. The molecule has 4 amide bonds. The molecule has 1 aromatic heterocycles. The van der Waals surface area contributed by atoms with Crippen LogP contribution in [0.1, 0.15) is 23.2 Å². The molecule has 2 aliphatic rings. The fraction of sp³-hybridized carbons (Fsp3) is 0.240. The van der Waals surface area contributed by atoms with Gasteiger partial charge < -0.3 is 14.4 Å². The zero-order valence-corrected chi connectivity index (χ0v) is 17.6. The van der Waals surface area contributed by atoms with E-state index < -0.39 is 0 Å². The van der Waals surface area contributed by atoms with Crippen molar-refractivity contribution in [1.29, 1.82) is 0 Å². The molecule has 0 bridgehead atoms. The van der Waals surface area contributed by atoms with E-state index in [-0.39, 0.29) is 30.4 Å². The molecule has 0 N–H and O–H groups in total. The van der Waals surface area contributed by atoms with Crippen molar-refractivity contribution in [2.75, 3.05) is 24.5 Å². The first-order valence-electron chi connectivity index (χ1n) is 10.8. The van der Waals surface area contributed by atoms with Gasteiger partial charge in [-0.1, -0.05) is 18.2 Å². The summed E-state index contributed by atoms with van der Waals surface area (Å²) in [7, 11) is 0. The minimum Gasteiger partial charge on any atom is -0.338 e. The van der Waals surface area contributed by atoms with E-state index in [9.17, 15) is 14.4 Å². The van der Waals surface area contributed by atoms with E-state index in [1.54, 1.807) is 17.0 Å². The summed E-state index contributed by atoms with van der Waals surface area (Å²) in [4.78, 5) is 43.1. The van der Waals surface area contributed by atoms with Crippen LogP contribution in [-0.2, 0) is 4.79 Å². The fourth-order valence-electron chi connectivity index (χ4n) is 4.48. The standard InChI is InChI=1S/C25H24N4O3/c30-23-18-28(25(32)29(23)22-6-2-1-3-7-22)21-12-16-27(17-13-21)24(31)19-8-10-20(11-9-19)26-14-4-5-15-26/h1-11,14-15,21H,12-13,16-18H2. The van der Waals surface area contributed by atoms with Gasteiger partial charge in [-0.15, -0.1) is 0 Å². The van der Waals surface area contributed by atoms with Crippen molar-refractivity contribution >= 4 is 23.5 Å². The van der Waals surface area contributed by atoms with Crippen LogP contribution in [0, 0.1) is 0 Å². The number of hydrogen-bond donors (Lipinski definition) is 0. The molecular formula is C25H24N4O3. The molecule has 0 atom stereocenters. The zero-order chi connectivity index (χ0) is 22.1. The monoisotopic (exact) mass is 428 g/mol. The third-order valence-corrected chi connectivity index (χ3v) is 6.22. The van der Waals surface area contributed by atoms with Crippen molar-refractivity contribution in [3.05, 3.63) is 84.7 Å². The Morgan fingerprint density at radius 1 is 0.781 bits per heavy atom. The number of anilines is 1. The first kappa shape index (κ1) is 20.1. The number of amides is 4. The summed E-state index contributed by atoms with van der Waals surface area (Å²) in [5.74, 6) is -0.209. The molecular weight excluding hydrogens is 404 g/mol. The number of nitrogens with zero attached hydrogens (tertiary/aromatic N) is 4. The Bertz CT molecular complexity index is 1120. The number of hydrogen-bond acceptors (Lipinski definition) is 3. The molecule has 7 nitrogen and oxygen atoms in total. The van der Waals surface area contributed by atoms with Crippen LogP contribution in [0.5, 0.6) is 0 Å². The highest BCUT2D eigenvalue weighted by Crippen LogP contribution is 2.26. The van der Waals surface area contributed by atoms with Crippen molar-refractivity contribution in [2.45, 2.75) is 18.9 Å². The van der Waals surface area contributed by atoms with Crippen molar-refractivity contribution in [3.63, 3.8) is 0 Å².